The third kappa shape index (κ3) is 4.23. The number of rotatable bonds is 6. The first kappa shape index (κ1) is 18.4. The highest BCUT2D eigenvalue weighted by Crippen LogP contribution is 2.28. The van der Waals surface area contributed by atoms with Crippen LogP contribution in [0.15, 0.2) is 60.8 Å². The van der Waals surface area contributed by atoms with Gasteiger partial charge in [0.25, 0.3) is 0 Å². The van der Waals surface area contributed by atoms with E-state index in [9.17, 15) is 0 Å². The second-order valence-corrected chi connectivity index (χ2v) is 8.46. The van der Waals surface area contributed by atoms with Gasteiger partial charge in [-0.15, -0.1) is 0 Å². The van der Waals surface area contributed by atoms with Crippen LogP contribution >= 0.6 is 0 Å². The molecular formula is C25H30N4. The highest BCUT2D eigenvalue weighted by Gasteiger charge is 2.23. The van der Waals surface area contributed by atoms with E-state index in [4.69, 9.17) is 0 Å². The van der Waals surface area contributed by atoms with Crippen LogP contribution in [0.25, 0.3) is 10.8 Å². The first-order valence-electron chi connectivity index (χ1n) is 11.0. The van der Waals surface area contributed by atoms with Crippen molar-refractivity contribution in [2.45, 2.75) is 25.8 Å². The Kier molecular flexibility index (Phi) is 5.35. The average molecular weight is 387 g/mol. The minimum Gasteiger partial charge on any atom is -0.379 e. The standard InChI is InChI=1S/C25H30N4/c1-2-7-24-21(6-1)12-13-26-25(24)18-27-22-8-10-23(11-9-22)29-16-14-28(15-17-29)19-20-4-3-5-20/h1-2,6-13,20,27H,3-5,14-19H2. The first-order chi connectivity index (χ1) is 14.3. The van der Waals surface area contributed by atoms with Crippen molar-refractivity contribution in [2.75, 3.05) is 42.9 Å². The zero-order valence-corrected chi connectivity index (χ0v) is 17.1. The molecule has 2 aliphatic rings. The molecule has 4 heteroatoms. The van der Waals surface area contributed by atoms with E-state index in [1.165, 1.54) is 55.4 Å². The van der Waals surface area contributed by atoms with Crippen molar-refractivity contribution in [2.24, 2.45) is 5.92 Å². The quantitative estimate of drug-likeness (QED) is 0.661. The van der Waals surface area contributed by atoms with Crippen LogP contribution in [0, 0.1) is 5.92 Å². The van der Waals surface area contributed by atoms with Crippen molar-refractivity contribution in [3.63, 3.8) is 0 Å². The molecule has 1 aliphatic heterocycles. The third-order valence-electron chi connectivity index (χ3n) is 6.56. The number of aromatic nitrogens is 1. The summed E-state index contributed by atoms with van der Waals surface area (Å²) in [7, 11) is 0. The largest absolute Gasteiger partial charge is 0.379 e. The van der Waals surface area contributed by atoms with Gasteiger partial charge in [-0.05, 0) is 54.5 Å². The molecule has 0 bridgehead atoms. The molecule has 0 spiro atoms. The topological polar surface area (TPSA) is 31.4 Å². The number of nitrogens with zero attached hydrogens (tertiary/aromatic N) is 3. The Bertz CT molecular complexity index is 935. The molecule has 1 aliphatic carbocycles. The van der Waals surface area contributed by atoms with E-state index < -0.39 is 0 Å². The monoisotopic (exact) mass is 386 g/mol. The summed E-state index contributed by atoms with van der Waals surface area (Å²) in [6.07, 6.45) is 6.24. The lowest BCUT2D eigenvalue weighted by molar-refractivity contribution is 0.170. The Hall–Kier alpha value is -2.59. The van der Waals surface area contributed by atoms with Gasteiger partial charge in [0, 0.05) is 55.7 Å². The summed E-state index contributed by atoms with van der Waals surface area (Å²) in [5, 5.41) is 6.00. The predicted molar refractivity (Wildman–Crippen MR) is 122 cm³/mol. The molecule has 29 heavy (non-hydrogen) atoms. The van der Waals surface area contributed by atoms with Gasteiger partial charge in [-0.3, -0.25) is 9.88 Å². The summed E-state index contributed by atoms with van der Waals surface area (Å²) in [6, 6.07) is 19.4. The molecule has 1 saturated heterocycles. The number of piperazine rings is 1. The molecule has 2 fully saturated rings. The lowest BCUT2D eigenvalue weighted by atomic mass is 9.85. The molecular weight excluding hydrogens is 356 g/mol. The molecule has 2 heterocycles. The molecule has 3 aromatic rings. The van der Waals surface area contributed by atoms with Crippen molar-refractivity contribution in [1.29, 1.82) is 0 Å². The lowest BCUT2D eigenvalue weighted by Gasteiger charge is -2.39. The number of anilines is 2. The Morgan fingerprint density at radius 3 is 2.45 bits per heavy atom. The maximum atomic E-state index is 4.58. The second-order valence-electron chi connectivity index (χ2n) is 8.46. The highest BCUT2D eigenvalue weighted by atomic mass is 15.3. The Morgan fingerprint density at radius 2 is 1.69 bits per heavy atom. The zero-order chi connectivity index (χ0) is 19.5. The number of hydrogen-bond acceptors (Lipinski definition) is 4. The second kappa shape index (κ2) is 8.42. The molecule has 4 nitrogen and oxygen atoms in total. The molecule has 1 aromatic heterocycles. The Morgan fingerprint density at radius 1 is 0.897 bits per heavy atom. The molecule has 1 N–H and O–H groups in total. The van der Waals surface area contributed by atoms with E-state index in [2.05, 4.69) is 74.7 Å². The number of hydrogen-bond donors (Lipinski definition) is 1. The molecule has 0 amide bonds. The Balaban J connectivity index is 1.16. The number of fused-ring (bicyclic) bond motifs is 1. The predicted octanol–water partition coefficient (Wildman–Crippen LogP) is 4.77. The van der Waals surface area contributed by atoms with Crippen LogP contribution in [0.4, 0.5) is 11.4 Å². The van der Waals surface area contributed by atoms with Crippen LogP contribution < -0.4 is 10.2 Å². The van der Waals surface area contributed by atoms with Crippen LogP contribution in [0.5, 0.6) is 0 Å². The molecule has 0 radical (unpaired) electrons. The highest BCUT2D eigenvalue weighted by molar-refractivity contribution is 5.84. The molecule has 1 saturated carbocycles. The summed E-state index contributed by atoms with van der Waals surface area (Å²) in [6.45, 7) is 6.73. The molecule has 0 atom stereocenters. The molecule has 2 aromatic carbocycles. The van der Waals surface area contributed by atoms with Crippen molar-refractivity contribution >= 4 is 22.1 Å². The van der Waals surface area contributed by atoms with Gasteiger partial charge in [0.15, 0.2) is 0 Å². The number of pyridine rings is 1. The SMILES string of the molecule is c1ccc2c(CNc3ccc(N4CCN(CC5CCC5)CC4)cc3)nccc2c1. The van der Waals surface area contributed by atoms with Crippen LogP contribution in [0.3, 0.4) is 0 Å². The van der Waals surface area contributed by atoms with Crippen LogP contribution in [-0.4, -0.2) is 42.6 Å². The summed E-state index contributed by atoms with van der Waals surface area (Å²) in [4.78, 5) is 9.76. The maximum absolute atomic E-state index is 4.58. The summed E-state index contributed by atoms with van der Waals surface area (Å²) >= 11 is 0. The van der Waals surface area contributed by atoms with Gasteiger partial charge < -0.3 is 10.2 Å². The third-order valence-corrected chi connectivity index (χ3v) is 6.56. The lowest BCUT2D eigenvalue weighted by Crippen LogP contribution is -2.48. The van der Waals surface area contributed by atoms with Crippen molar-refractivity contribution in [3.05, 3.63) is 66.5 Å². The van der Waals surface area contributed by atoms with E-state index in [0.717, 1.165) is 36.9 Å². The smallest absolute Gasteiger partial charge is 0.0672 e. The Labute approximate surface area is 173 Å². The van der Waals surface area contributed by atoms with E-state index in [-0.39, 0.29) is 0 Å². The fraction of sp³-hybridized carbons (Fsp3) is 0.400. The zero-order valence-electron chi connectivity index (χ0n) is 17.1. The minimum absolute atomic E-state index is 0.737. The van der Waals surface area contributed by atoms with Gasteiger partial charge in [0.05, 0.1) is 12.2 Å². The van der Waals surface area contributed by atoms with E-state index >= 15 is 0 Å². The van der Waals surface area contributed by atoms with Gasteiger partial charge in [-0.2, -0.15) is 0 Å². The van der Waals surface area contributed by atoms with Crippen molar-refractivity contribution in [1.82, 2.24) is 9.88 Å². The maximum Gasteiger partial charge on any atom is 0.0672 e. The first-order valence-corrected chi connectivity index (χ1v) is 11.0. The average Bonchev–Trinajstić information content (AvgIpc) is 2.76. The normalized spacial score (nSPS) is 18.0. The summed E-state index contributed by atoms with van der Waals surface area (Å²) in [5.74, 6) is 0.975. The van der Waals surface area contributed by atoms with Crippen molar-refractivity contribution in [3.8, 4) is 0 Å². The van der Waals surface area contributed by atoms with Crippen LogP contribution in [-0.2, 0) is 6.54 Å². The van der Waals surface area contributed by atoms with Gasteiger partial charge in [-0.1, -0.05) is 30.7 Å². The van der Waals surface area contributed by atoms with Gasteiger partial charge >= 0.3 is 0 Å². The van der Waals surface area contributed by atoms with Crippen LogP contribution in [0.1, 0.15) is 25.0 Å². The molecule has 150 valence electrons. The fourth-order valence-electron chi connectivity index (χ4n) is 4.53. The van der Waals surface area contributed by atoms with E-state index in [1.807, 2.05) is 6.20 Å². The molecule has 5 rings (SSSR count). The fourth-order valence-corrected chi connectivity index (χ4v) is 4.53. The van der Waals surface area contributed by atoms with E-state index in [1.54, 1.807) is 0 Å². The van der Waals surface area contributed by atoms with Crippen molar-refractivity contribution < 1.29 is 0 Å². The summed E-state index contributed by atoms with van der Waals surface area (Å²) < 4.78 is 0. The minimum atomic E-state index is 0.737. The van der Waals surface area contributed by atoms with E-state index in [0.29, 0.717) is 0 Å². The number of nitrogens with one attached hydrogen (secondary N) is 1. The molecule has 0 unspecified atom stereocenters. The van der Waals surface area contributed by atoms with Gasteiger partial charge in [0.2, 0.25) is 0 Å². The number of benzene rings is 2. The van der Waals surface area contributed by atoms with Gasteiger partial charge in [0.1, 0.15) is 0 Å². The van der Waals surface area contributed by atoms with Gasteiger partial charge in [-0.25, -0.2) is 0 Å². The summed E-state index contributed by atoms with van der Waals surface area (Å²) in [5.41, 5.74) is 3.57. The van der Waals surface area contributed by atoms with Crippen LogP contribution in [0.2, 0.25) is 0 Å².